The summed E-state index contributed by atoms with van der Waals surface area (Å²) in [4.78, 5) is 5.22. The molecule has 71 heavy (non-hydrogen) atoms. The Bertz CT molecular complexity index is 3840. The predicted octanol–water partition coefficient (Wildman–Crippen LogP) is 16.5. The zero-order valence-electron chi connectivity index (χ0n) is 40.3. The Morgan fingerprint density at radius 1 is 0.493 bits per heavy atom. The van der Waals surface area contributed by atoms with E-state index < -0.39 is 0 Å². The molecule has 0 fully saturated rings. The lowest BCUT2D eigenvalue weighted by Gasteiger charge is -2.19. The summed E-state index contributed by atoms with van der Waals surface area (Å²) in [6, 6.07) is 79.6. The maximum atomic E-state index is 6.87. The van der Waals surface area contributed by atoms with Gasteiger partial charge in [0.2, 0.25) is 0 Å². The molecule has 12 rings (SSSR count). The lowest BCUT2D eigenvalue weighted by atomic mass is 9.86. The summed E-state index contributed by atoms with van der Waals surface area (Å²) < 4.78 is 13.5. The van der Waals surface area contributed by atoms with E-state index in [2.05, 4.69) is 272 Å². The van der Waals surface area contributed by atoms with Crippen LogP contribution in [-0.2, 0) is 11.8 Å². The Balaban J connectivity index is 0.960. The molecule has 9 aromatic carbocycles. The molecule has 0 bridgehead atoms. The van der Waals surface area contributed by atoms with Crippen molar-refractivity contribution < 1.29 is 9.30 Å². The molecule has 0 saturated heterocycles. The molecule has 0 atom stereocenters. The van der Waals surface area contributed by atoms with Crippen LogP contribution in [0.1, 0.15) is 38.8 Å². The van der Waals surface area contributed by atoms with Crippen molar-refractivity contribution >= 4 is 32.8 Å². The molecule has 3 heterocycles. The number of rotatable bonds is 10. The fourth-order valence-electron chi connectivity index (χ4n) is 10.2. The summed E-state index contributed by atoms with van der Waals surface area (Å²) in [6.07, 6.45) is 6.73. The van der Waals surface area contributed by atoms with E-state index in [9.17, 15) is 0 Å². The fourth-order valence-corrected chi connectivity index (χ4v) is 10.2. The van der Waals surface area contributed by atoms with E-state index >= 15 is 0 Å². The van der Waals surface area contributed by atoms with Gasteiger partial charge in [0.1, 0.15) is 17.3 Å². The van der Waals surface area contributed by atoms with Crippen molar-refractivity contribution in [2.75, 3.05) is 0 Å². The first-order valence-corrected chi connectivity index (χ1v) is 24.5. The third kappa shape index (κ3) is 8.05. The largest absolute Gasteiger partial charge is 0.458 e. The van der Waals surface area contributed by atoms with Gasteiger partial charge in [-0.25, -0.2) is 4.98 Å². The molecule has 0 spiro atoms. The highest BCUT2D eigenvalue weighted by molar-refractivity contribution is 6.10. The number of hydrogen-bond acceptors (Lipinski definition) is 2. The molecule has 0 aliphatic rings. The summed E-state index contributed by atoms with van der Waals surface area (Å²) in [7, 11) is 0. The zero-order chi connectivity index (χ0) is 48.1. The van der Waals surface area contributed by atoms with Gasteiger partial charge in [-0.15, -0.1) is 0 Å². The summed E-state index contributed by atoms with van der Waals surface area (Å²) in [5.74, 6) is 2.32. The number of benzene rings is 9. The first-order valence-electron chi connectivity index (χ1n) is 24.5. The van der Waals surface area contributed by atoms with Crippen LogP contribution in [0.15, 0.2) is 231 Å². The van der Waals surface area contributed by atoms with E-state index in [0.29, 0.717) is 0 Å². The maximum absolute atomic E-state index is 6.87. The van der Waals surface area contributed by atoms with Crippen molar-refractivity contribution in [2.45, 2.75) is 39.5 Å². The Kier molecular flexibility index (Phi) is 11.0. The standard InChI is InChI=1S/C66H52N4O/c1-5-45-40-64(67-43-59(45)49-31-34-51(35-32-49)66(2,3)4)70-60-38-33-50(46-19-9-6-10-20-46)39-58(60)57-37-36-54(42-63(57)70)71-53-26-17-25-52(41-53)68-44-69(62-30-16-15-29-61(62)68)65-55(47-21-11-7-12-22-47)27-18-28-56(65)48-23-13-8-14-24-48/h6-43H,5H2,1-4H3. The molecule has 342 valence electrons. The van der Waals surface area contributed by atoms with Gasteiger partial charge in [-0.3, -0.25) is 13.7 Å². The molecule has 5 nitrogen and oxygen atoms in total. The number of hydrogen-bond donors (Lipinski definition) is 0. The molecular formula is C66H52N4O. The topological polar surface area (TPSA) is 35.9 Å². The second kappa shape index (κ2) is 17.9. The SMILES string of the molecule is CCc1cc(-n2c3ccc(-c4ccccc4)cc3c3ccc(Oc4cccc(-n5[c-][n+](-c6c(-c7ccccc7)cccc6-c6ccccc6)c6ccccc65)c4)cc32)ncc1-c1ccc(C(C)(C)C)cc1. The molecule has 3 aromatic heterocycles. The van der Waals surface area contributed by atoms with E-state index in [1.165, 1.54) is 27.8 Å². The summed E-state index contributed by atoms with van der Waals surface area (Å²) >= 11 is 0. The van der Waals surface area contributed by atoms with Gasteiger partial charge in [0.25, 0.3) is 6.33 Å². The Labute approximate surface area is 415 Å². The van der Waals surface area contributed by atoms with Crippen LogP contribution in [0.2, 0.25) is 0 Å². The van der Waals surface area contributed by atoms with Gasteiger partial charge in [-0.1, -0.05) is 198 Å². The first kappa shape index (κ1) is 43.5. The quantitative estimate of drug-likeness (QED) is 0.101. The summed E-state index contributed by atoms with van der Waals surface area (Å²) in [5.41, 5.74) is 18.0. The van der Waals surface area contributed by atoms with Gasteiger partial charge in [-0.2, -0.15) is 0 Å². The molecule has 12 aromatic rings. The van der Waals surface area contributed by atoms with Gasteiger partial charge in [0.05, 0.1) is 33.4 Å². The van der Waals surface area contributed by atoms with Gasteiger partial charge in [0, 0.05) is 28.6 Å². The number of aromatic nitrogens is 4. The lowest BCUT2D eigenvalue weighted by Crippen LogP contribution is -2.31. The van der Waals surface area contributed by atoms with Crippen molar-refractivity contribution in [1.82, 2.24) is 14.1 Å². The zero-order valence-corrected chi connectivity index (χ0v) is 40.3. The minimum absolute atomic E-state index is 0.0831. The van der Waals surface area contributed by atoms with Gasteiger partial charge in [0.15, 0.2) is 0 Å². The van der Waals surface area contributed by atoms with Crippen LogP contribution in [0.25, 0.3) is 94.5 Å². The van der Waals surface area contributed by atoms with Crippen molar-refractivity contribution in [3.05, 3.63) is 248 Å². The van der Waals surface area contributed by atoms with Gasteiger partial charge < -0.3 is 4.74 Å². The van der Waals surface area contributed by atoms with Gasteiger partial charge in [-0.05, 0) is 110 Å². The van der Waals surface area contributed by atoms with Crippen molar-refractivity contribution in [2.24, 2.45) is 0 Å². The minimum atomic E-state index is 0.0831. The Morgan fingerprint density at radius 3 is 1.80 bits per heavy atom. The van der Waals surface area contributed by atoms with Crippen LogP contribution in [0.4, 0.5) is 0 Å². The first-order chi connectivity index (χ1) is 34.8. The van der Waals surface area contributed by atoms with E-state index in [1.807, 2.05) is 6.07 Å². The van der Waals surface area contributed by atoms with Crippen molar-refractivity contribution in [3.63, 3.8) is 0 Å². The smallest absolute Gasteiger partial charge is 0.269 e. The second-order valence-electron chi connectivity index (χ2n) is 19.3. The average molecular weight is 917 g/mol. The van der Waals surface area contributed by atoms with Crippen LogP contribution in [0.5, 0.6) is 11.5 Å². The highest BCUT2D eigenvalue weighted by Gasteiger charge is 2.21. The molecular weight excluding hydrogens is 865 g/mol. The number of nitrogens with zero attached hydrogens (tertiary/aromatic N) is 4. The third-order valence-corrected chi connectivity index (χ3v) is 13.8. The molecule has 0 aliphatic heterocycles. The number of fused-ring (bicyclic) bond motifs is 4. The number of imidazole rings is 1. The van der Waals surface area contributed by atoms with E-state index in [0.717, 1.165) is 95.8 Å². The normalized spacial score (nSPS) is 11.7. The monoisotopic (exact) mass is 916 g/mol. The molecule has 0 amide bonds. The van der Waals surface area contributed by atoms with E-state index in [-0.39, 0.29) is 5.41 Å². The summed E-state index contributed by atoms with van der Waals surface area (Å²) in [6.45, 7) is 8.99. The number of aryl methyl sites for hydroxylation is 1. The average Bonchev–Trinajstić information content (AvgIpc) is 3.97. The third-order valence-electron chi connectivity index (χ3n) is 13.8. The highest BCUT2D eigenvalue weighted by Crippen LogP contribution is 2.39. The summed E-state index contributed by atoms with van der Waals surface area (Å²) in [5, 5.41) is 2.29. The Hall–Kier alpha value is -8.80. The lowest BCUT2D eigenvalue weighted by molar-refractivity contribution is -0.571. The molecule has 0 saturated carbocycles. The van der Waals surface area contributed by atoms with Crippen molar-refractivity contribution in [3.8, 4) is 73.2 Å². The van der Waals surface area contributed by atoms with Crippen LogP contribution >= 0.6 is 0 Å². The van der Waals surface area contributed by atoms with Crippen LogP contribution < -0.4 is 9.30 Å². The Morgan fingerprint density at radius 2 is 1.11 bits per heavy atom. The number of para-hydroxylation sites is 3. The van der Waals surface area contributed by atoms with Crippen LogP contribution in [-0.4, -0.2) is 14.1 Å². The molecule has 5 heteroatoms. The minimum Gasteiger partial charge on any atom is -0.458 e. The molecule has 0 unspecified atom stereocenters. The van der Waals surface area contributed by atoms with Gasteiger partial charge >= 0.3 is 0 Å². The second-order valence-corrected chi connectivity index (χ2v) is 19.3. The maximum Gasteiger partial charge on any atom is 0.269 e. The highest BCUT2D eigenvalue weighted by atomic mass is 16.5. The molecule has 0 radical (unpaired) electrons. The fraction of sp³-hybridized carbons (Fsp3) is 0.0909. The number of ether oxygens (including phenoxy) is 1. The van der Waals surface area contributed by atoms with E-state index in [4.69, 9.17) is 9.72 Å². The predicted molar refractivity (Wildman–Crippen MR) is 292 cm³/mol. The number of pyridine rings is 1. The molecule has 0 N–H and O–H groups in total. The van der Waals surface area contributed by atoms with Crippen molar-refractivity contribution in [1.29, 1.82) is 0 Å². The van der Waals surface area contributed by atoms with Crippen LogP contribution in [0, 0.1) is 6.33 Å². The van der Waals surface area contributed by atoms with Crippen LogP contribution in [0.3, 0.4) is 0 Å². The molecule has 0 aliphatic carbocycles. The van der Waals surface area contributed by atoms with E-state index in [1.54, 1.807) is 0 Å².